The molecule has 6 nitrogen and oxygen atoms in total. The number of carbonyl (C=O) groups excluding carboxylic acids is 1. The number of hydrogen-bond acceptors (Lipinski definition) is 6. The van der Waals surface area contributed by atoms with Gasteiger partial charge in [-0.25, -0.2) is 0 Å². The van der Waals surface area contributed by atoms with Gasteiger partial charge in [0.15, 0.2) is 5.57 Å². The predicted molar refractivity (Wildman–Crippen MR) is 103 cm³/mol. The van der Waals surface area contributed by atoms with Gasteiger partial charge in [-0.3, -0.25) is 14.2 Å². The van der Waals surface area contributed by atoms with E-state index in [0.29, 0.717) is 15.6 Å². The van der Waals surface area contributed by atoms with Gasteiger partial charge in [0.05, 0.1) is 11.6 Å². The topological polar surface area (TPSA) is 95.9 Å². The molecular weight excluding hydrogens is 362 g/mol. The van der Waals surface area contributed by atoms with E-state index in [0.717, 1.165) is 28.0 Å². The molecule has 1 aromatic carbocycles. The van der Waals surface area contributed by atoms with E-state index in [2.05, 4.69) is 4.74 Å². The summed E-state index contributed by atoms with van der Waals surface area (Å²) in [5.41, 5.74) is 2.67. The molecule has 0 amide bonds. The molecular formula is C20H19N3O3S. The number of ether oxygens (including phenoxy) is 1. The number of benzene rings is 1. The van der Waals surface area contributed by atoms with Crippen LogP contribution in [0.25, 0.3) is 11.6 Å². The molecule has 1 heterocycles. The molecule has 0 unspecified atom stereocenters. The summed E-state index contributed by atoms with van der Waals surface area (Å²) in [7, 11) is 1.30. The predicted octanol–water partition coefficient (Wildman–Crippen LogP) is 1.51. The first kappa shape index (κ1) is 20.2. The normalized spacial score (nSPS) is 10.9. The van der Waals surface area contributed by atoms with E-state index in [1.807, 2.05) is 44.2 Å². The molecule has 0 aliphatic carbocycles. The van der Waals surface area contributed by atoms with Crippen molar-refractivity contribution in [2.24, 2.45) is 0 Å². The molecule has 0 radical (unpaired) electrons. The molecule has 0 atom stereocenters. The molecule has 0 aliphatic rings. The lowest BCUT2D eigenvalue weighted by atomic mass is 10.1. The Bertz CT molecular complexity index is 1110. The third kappa shape index (κ3) is 4.72. The maximum Gasteiger partial charge on any atom is 0.305 e. The Balaban J connectivity index is 2.60. The second-order valence-electron chi connectivity index (χ2n) is 6.01. The summed E-state index contributed by atoms with van der Waals surface area (Å²) < 4.78 is 6.75. The summed E-state index contributed by atoms with van der Waals surface area (Å²) in [6.45, 7) is 4.19. The number of aryl methyl sites for hydroxylation is 2. The summed E-state index contributed by atoms with van der Waals surface area (Å²) >= 11 is 1.11. The van der Waals surface area contributed by atoms with Crippen molar-refractivity contribution in [3.8, 4) is 12.1 Å². The highest BCUT2D eigenvalue weighted by Crippen LogP contribution is 2.10. The van der Waals surface area contributed by atoms with Crippen molar-refractivity contribution >= 4 is 29.0 Å². The average Bonchev–Trinajstić information content (AvgIpc) is 2.94. The highest BCUT2D eigenvalue weighted by Gasteiger charge is 2.10. The number of nitrogens with zero attached hydrogens (tertiary/aromatic N) is 3. The van der Waals surface area contributed by atoms with E-state index in [1.165, 1.54) is 11.7 Å². The van der Waals surface area contributed by atoms with Gasteiger partial charge in [-0.05, 0) is 37.5 Å². The van der Waals surface area contributed by atoms with Gasteiger partial charge in [0.2, 0.25) is 0 Å². The van der Waals surface area contributed by atoms with Crippen molar-refractivity contribution in [3.63, 3.8) is 0 Å². The van der Waals surface area contributed by atoms with E-state index < -0.39 is 0 Å². The van der Waals surface area contributed by atoms with E-state index in [-0.39, 0.29) is 30.1 Å². The van der Waals surface area contributed by atoms with Crippen LogP contribution in [0, 0.1) is 36.5 Å². The molecule has 0 N–H and O–H groups in total. The molecule has 0 spiro atoms. The summed E-state index contributed by atoms with van der Waals surface area (Å²) in [5, 5.41) is 18.4. The minimum Gasteiger partial charge on any atom is -0.469 e. The van der Waals surface area contributed by atoms with Gasteiger partial charge in [0.1, 0.15) is 16.8 Å². The van der Waals surface area contributed by atoms with Crippen LogP contribution >= 0.6 is 11.3 Å². The Morgan fingerprint density at radius 3 is 2.59 bits per heavy atom. The van der Waals surface area contributed by atoms with E-state index in [1.54, 1.807) is 6.08 Å². The van der Waals surface area contributed by atoms with Gasteiger partial charge in [-0.1, -0.05) is 23.8 Å². The monoisotopic (exact) mass is 381 g/mol. The highest BCUT2D eigenvalue weighted by atomic mass is 32.1. The van der Waals surface area contributed by atoms with Crippen LogP contribution in [-0.2, 0) is 16.1 Å². The van der Waals surface area contributed by atoms with Gasteiger partial charge in [0.25, 0.3) is 5.56 Å². The Morgan fingerprint density at radius 1 is 1.30 bits per heavy atom. The fourth-order valence-corrected chi connectivity index (χ4v) is 3.71. The quantitative estimate of drug-likeness (QED) is 0.732. The van der Waals surface area contributed by atoms with Gasteiger partial charge < -0.3 is 4.74 Å². The third-order valence-corrected chi connectivity index (χ3v) is 5.18. The minimum absolute atomic E-state index is 0.115. The van der Waals surface area contributed by atoms with E-state index in [9.17, 15) is 20.1 Å². The number of hydrogen-bond donors (Lipinski definition) is 0. The largest absolute Gasteiger partial charge is 0.469 e. The molecule has 27 heavy (non-hydrogen) atoms. The van der Waals surface area contributed by atoms with Crippen molar-refractivity contribution in [1.82, 2.24) is 4.57 Å². The van der Waals surface area contributed by atoms with Crippen LogP contribution in [0.4, 0.5) is 0 Å². The van der Waals surface area contributed by atoms with Crippen molar-refractivity contribution in [2.45, 2.75) is 33.2 Å². The number of aromatic nitrogens is 1. The molecule has 0 bridgehead atoms. The summed E-state index contributed by atoms with van der Waals surface area (Å²) in [5.74, 6) is -0.369. The van der Waals surface area contributed by atoms with Crippen LogP contribution in [-0.4, -0.2) is 17.6 Å². The SMILES string of the molecule is COC(=O)CCCn1c(=C(C#N)C#N)s/c(=C/c2ccc(C)cc2C)c1=O. The van der Waals surface area contributed by atoms with Crippen LogP contribution in [0.15, 0.2) is 23.0 Å². The Labute approximate surface area is 160 Å². The van der Waals surface area contributed by atoms with Crippen LogP contribution in [0.5, 0.6) is 0 Å². The zero-order chi connectivity index (χ0) is 20.0. The van der Waals surface area contributed by atoms with Gasteiger partial charge >= 0.3 is 5.97 Å². The molecule has 0 aliphatic heterocycles. The Morgan fingerprint density at radius 2 is 2.00 bits per heavy atom. The Kier molecular flexibility index (Phi) is 6.70. The summed E-state index contributed by atoms with van der Waals surface area (Å²) in [6, 6.07) is 9.61. The third-order valence-electron chi connectivity index (χ3n) is 4.05. The Hall–Kier alpha value is -3.16. The standard InChI is InChI=1S/C20H19N3O3S/c1-13-6-7-15(14(2)9-13)10-17-19(25)23(8-4-5-18(24)26-3)20(27-17)16(11-21)12-22/h6-7,9-10H,4-5,8H2,1-3H3/b17-10+. The van der Waals surface area contributed by atoms with Crippen LogP contribution < -0.4 is 14.8 Å². The van der Waals surface area contributed by atoms with Crippen LogP contribution in [0.1, 0.15) is 29.5 Å². The van der Waals surface area contributed by atoms with E-state index in [4.69, 9.17) is 0 Å². The second-order valence-corrected chi connectivity index (χ2v) is 7.04. The maximum absolute atomic E-state index is 12.8. The minimum atomic E-state index is -0.369. The van der Waals surface area contributed by atoms with Crippen molar-refractivity contribution in [1.29, 1.82) is 10.5 Å². The smallest absolute Gasteiger partial charge is 0.305 e. The average molecular weight is 381 g/mol. The zero-order valence-electron chi connectivity index (χ0n) is 15.4. The van der Waals surface area contributed by atoms with Crippen molar-refractivity contribution in [3.05, 3.63) is 54.4 Å². The lowest BCUT2D eigenvalue weighted by Crippen LogP contribution is -2.32. The van der Waals surface area contributed by atoms with Crippen molar-refractivity contribution < 1.29 is 9.53 Å². The van der Waals surface area contributed by atoms with Gasteiger partial charge in [0, 0.05) is 13.0 Å². The number of methoxy groups -OCH3 is 1. The molecule has 7 heteroatoms. The van der Waals surface area contributed by atoms with Gasteiger partial charge in [-0.15, -0.1) is 11.3 Å². The number of esters is 1. The zero-order valence-corrected chi connectivity index (χ0v) is 16.2. The first-order valence-corrected chi connectivity index (χ1v) is 9.12. The lowest BCUT2D eigenvalue weighted by Gasteiger charge is -2.02. The van der Waals surface area contributed by atoms with Gasteiger partial charge in [-0.2, -0.15) is 10.5 Å². The number of thiazole rings is 1. The molecule has 2 aromatic rings. The molecule has 0 saturated heterocycles. The molecule has 1 aromatic heterocycles. The molecule has 0 fully saturated rings. The second kappa shape index (κ2) is 8.98. The molecule has 138 valence electrons. The fraction of sp³-hybridized carbons (Fsp3) is 0.300. The van der Waals surface area contributed by atoms with E-state index >= 15 is 0 Å². The summed E-state index contributed by atoms with van der Waals surface area (Å²) in [4.78, 5) is 24.2. The van der Waals surface area contributed by atoms with Crippen molar-refractivity contribution in [2.75, 3.05) is 7.11 Å². The lowest BCUT2D eigenvalue weighted by molar-refractivity contribution is -0.140. The first-order chi connectivity index (χ1) is 12.9. The highest BCUT2D eigenvalue weighted by molar-refractivity contribution is 7.07. The maximum atomic E-state index is 12.8. The number of nitriles is 2. The molecule has 2 rings (SSSR count). The van der Waals surface area contributed by atoms with Crippen LogP contribution in [0.2, 0.25) is 0 Å². The summed E-state index contributed by atoms with van der Waals surface area (Å²) in [6.07, 6.45) is 2.31. The number of rotatable bonds is 5. The molecule has 0 saturated carbocycles. The first-order valence-electron chi connectivity index (χ1n) is 8.31. The number of carbonyl (C=O) groups is 1. The fourth-order valence-electron chi connectivity index (χ4n) is 2.64. The van der Waals surface area contributed by atoms with Crippen LogP contribution in [0.3, 0.4) is 0 Å².